The Kier molecular flexibility index (Phi) is 5.36. The summed E-state index contributed by atoms with van der Waals surface area (Å²) in [7, 11) is 0. The molecule has 3 rings (SSSR count). The van der Waals surface area contributed by atoms with Crippen molar-refractivity contribution < 1.29 is 14.3 Å². The van der Waals surface area contributed by atoms with Crippen LogP contribution >= 0.6 is 0 Å². The summed E-state index contributed by atoms with van der Waals surface area (Å²) in [4.78, 5) is 12.0. The zero-order chi connectivity index (χ0) is 16.9. The lowest BCUT2D eigenvalue weighted by atomic mass is 10.1. The van der Waals surface area contributed by atoms with Crippen molar-refractivity contribution in [3.8, 4) is 5.75 Å². The van der Waals surface area contributed by atoms with Gasteiger partial charge in [0.2, 0.25) is 6.29 Å². The van der Waals surface area contributed by atoms with E-state index in [0.29, 0.717) is 12.5 Å². The Labute approximate surface area is 143 Å². The zero-order valence-electron chi connectivity index (χ0n) is 14.3. The maximum absolute atomic E-state index is 12.0. The topological polar surface area (TPSA) is 47.6 Å². The first kappa shape index (κ1) is 16.8. The summed E-state index contributed by atoms with van der Waals surface area (Å²) in [5.41, 5.74) is 0. The number of fused-ring (bicyclic) bond motifs is 1. The molecular weight excluding hydrogens is 302 g/mol. The van der Waals surface area contributed by atoms with Crippen molar-refractivity contribution in [1.29, 1.82) is 0 Å². The molecule has 0 aromatic heterocycles. The summed E-state index contributed by atoms with van der Waals surface area (Å²) in [6, 6.07) is 14.4. The summed E-state index contributed by atoms with van der Waals surface area (Å²) in [5.74, 6) is 0.692. The van der Waals surface area contributed by atoms with E-state index in [0.717, 1.165) is 35.9 Å². The lowest BCUT2D eigenvalue weighted by Gasteiger charge is -2.21. The highest BCUT2D eigenvalue weighted by molar-refractivity contribution is 5.88. The van der Waals surface area contributed by atoms with Gasteiger partial charge in [-0.1, -0.05) is 50.2 Å². The van der Waals surface area contributed by atoms with Crippen LogP contribution in [0.25, 0.3) is 10.8 Å². The molecule has 2 aromatic rings. The van der Waals surface area contributed by atoms with Crippen molar-refractivity contribution in [3.63, 3.8) is 0 Å². The lowest BCUT2D eigenvalue weighted by molar-refractivity contribution is -0.165. The molecule has 2 aromatic carbocycles. The summed E-state index contributed by atoms with van der Waals surface area (Å²) in [5, 5.41) is 5.49. The smallest absolute Gasteiger partial charge is 0.312 e. The van der Waals surface area contributed by atoms with Crippen LogP contribution in [-0.4, -0.2) is 24.8 Å². The Morgan fingerprint density at radius 1 is 1.17 bits per heavy atom. The summed E-state index contributed by atoms with van der Waals surface area (Å²) in [6.07, 6.45) is 1.93. The van der Waals surface area contributed by atoms with Crippen molar-refractivity contribution in [2.45, 2.75) is 45.4 Å². The Hall–Kier alpha value is -2.07. The monoisotopic (exact) mass is 327 g/mol. The third-order valence-electron chi connectivity index (χ3n) is 4.10. The molecular formula is C20H25NO3. The van der Waals surface area contributed by atoms with E-state index >= 15 is 0 Å². The van der Waals surface area contributed by atoms with Crippen LogP contribution in [0.5, 0.6) is 5.75 Å². The molecule has 0 aliphatic heterocycles. The molecule has 0 bridgehead atoms. The number of nitrogens with one attached hydrogen (secondary N) is 1. The van der Waals surface area contributed by atoms with Crippen LogP contribution in [0.1, 0.15) is 33.1 Å². The summed E-state index contributed by atoms with van der Waals surface area (Å²) >= 11 is 0. The van der Waals surface area contributed by atoms with Crippen LogP contribution in [0.3, 0.4) is 0 Å². The number of carbonyl (C=O) groups excluding carboxylic acids is 1. The van der Waals surface area contributed by atoms with Crippen LogP contribution < -0.4 is 10.1 Å². The van der Waals surface area contributed by atoms with Crippen LogP contribution in [-0.2, 0) is 9.53 Å². The first-order valence-corrected chi connectivity index (χ1v) is 8.72. The van der Waals surface area contributed by atoms with Gasteiger partial charge in [0.15, 0.2) is 0 Å². The number of benzene rings is 2. The highest BCUT2D eigenvalue weighted by Gasteiger charge is 2.33. The molecule has 0 amide bonds. The Morgan fingerprint density at radius 3 is 2.67 bits per heavy atom. The number of hydrogen-bond acceptors (Lipinski definition) is 4. The van der Waals surface area contributed by atoms with E-state index in [-0.39, 0.29) is 11.9 Å². The number of rotatable bonds is 8. The van der Waals surface area contributed by atoms with E-state index in [9.17, 15) is 4.79 Å². The number of esters is 1. The van der Waals surface area contributed by atoms with Gasteiger partial charge >= 0.3 is 5.97 Å². The van der Waals surface area contributed by atoms with E-state index in [1.54, 1.807) is 0 Å². The van der Waals surface area contributed by atoms with Gasteiger partial charge in [-0.25, -0.2) is 0 Å². The minimum absolute atomic E-state index is 0.0710. The SMILES string of the molecule is CC(C)NCC[C@@H](OC(=O)C1CC1)Oc1cccc2ccccc12. The fraction of sp³-hybridized carbons (Fsp3) is 0.450. The lowest BCUT2D eigenvalue weighted by Crippen LogP contribution is -2.32. The first-order chi connectivity index (χ1) is 11.6. The molecule has 1 aliphatic rings. The number of ether oxygens (including phenoxy) is 2. The third kappa shape index (κ3) is 4.48. The normalized spacial score (nSPS) is 15.5. The van der Waals surface area contributed by atoms with E-state index < -0.39 is 6.29 Å². The molecule has 0 heterocycles. The molecule has 1 saturated carbocycles. The molecule has 4 nitrogen and oxygen atoms in total. The highest BCUT2D eigenvalue weighted by atomic mass is 16.7. The molecule has 0 saturated heterocycles. The van der Waals surface area contributed by atoms with Crippen LogP contribution in [0, 0.1) is 5.92 Å². The predicted molar refractivity (Wildman–Crippen MR) is 94.9 cm³/mol. The largest absolute Gasteiger partial charge is 0.454 e. The third-order valence-corrected chi connectivity index (χ3v) is 4.10. The van der Waals surface area contributed by atoms with Gasteiger partial charge in [-0.15, -0.1) is 0 Å². The van der Waals surface area contributed by atoms with Crippen LogP contribution in [0.4, 0.5) is 0 Å². The summed E-state index contributed by atoms with van der Waals surface area (Å²) in [6.45, 7) is 4.93. The van der Waals surface area contributed by atoms with Gasteiger partial charge in [0.05, 0.1) is 5.92 Å². The van der Waals surface area contributed by atoms with Crippen molar-refractivity contribution in [1.82, 2.24) is 5.32 Å². The second-order valence-corrected chi connectivity index (χ2v) is 6.63. The zero-order valence-corrected chi connectivity index (χ0v) is 14.3. The Bertz CT molecular complexity index is 689. The molecule has 24 heavy (non-hydrogen) atoms. The average Bonchev–Trinajstić information content (AvgIpc) is 3.39. The maximum atomic E-state index is 12.0. The minimum atomic E-state index is -0.560. The van der Waals surface area contributed by atoms with Crippen molar-refractivity contribution in [2.24, 2.45) is 5.92 Å². The van der Waals surface area contributed by atoms with Gasteiger partial charge in [-0.3, -0.25) is 4.79 Å². The van der Waals surface area contributed by atoms with Crippen molar-refractivity contribution in [2.75, 3.05) is 6.54 Å². The molecule has 1 aliphatic carbocycles. The van der Waals surface area contributed by atoms with E-state index in [1.165, 1.54) is 0 Å². The standard InChI is InChI=1S/C20H25NO3/c1-14(2)21-13-12-19(24-20(22)16-10-11-16)23-18-9-5-7-15-6-3-4-8-17(15)18/h3-9,14,16,19,21H,10-13H2,1-2H3/t19-/m1/s1. The fourth-order valence-electron chi connectivity index (χ4n) is 2.62. The van der Waals surface area contributed by atoms with E-state index in [2.05, 4.69) is 19.2 Å². The van der Waals surface area contributed by atoms with Crippen LogP contribution in [0.2, 0.25) is 0 Å². The van der Waals surface area contributed by atoms with Gasteiger partial charge in [0.1, 0.15) is 5.75 Å². The number of carbonyl (C=O) groups is 1. The number of hydrogen-bond donors (Lipinski definition) is 1. The fourth-order valence-corrected chi connectivity index (χ4v) is 2.62. The van der Waals surface area contributed by atoms with Gasteiger partial charge in [-0.05, 0) is 24.3 Å². The molecule has 4 heteroatoms. The van der Waals surface area contributed by atoms with Gasteiger partial charge in [-0.2, -0.15) is 0 Å². The van der Waals surface area contributed by atoms with E-state index in [1.807, 2.05) is 42.5 Å². The Balaban J connectivity index is 1.72. The molecule has 0 radical (unpaired) electrons. The van der Waals surface area contributed by atoms with Crippen molar-refractivity contribution >= 4 is 16.7 Å². The predicted octanol–water partition coefficient (Wildman–Crippen LogP) is 3.89. The molecule has 1 N–H and O–H groups in total. The molecule has 0 unspecified atom stereocenters. The second kappa shape index (κ2) is 7.67. The molecule has 128 valence electrons. The van der Waals surface area contributed by atoms with Crippen molar-refractivity contribution in [3.05, 3.63) is 42.5 Å². The molecule has 1 atom stereocenters. The second-order valence-electron chi connectivity index (χ2n) is 6.63. The highest BCUT2D eigenvalue weighted by Crippen LogP contribution is 2.32. The van der Waals surface area contributed by atoms with Gasteiger partial charge in [0.25, 0.3) is 0 Å². The van der Waals surface area contributed by atoms with Crippen LogP contribution in [0.15, 0.2) is 42.5 Å². The van der Waals surface area contributed by atoms with Gasteiger partial charge in [0, 0.05) is 24.4 Å². The minimum Gasteiger partial charge on any atom is -0.454 e. The molecule has 0 spiro atoms. The molecule has 1 fully saturated rings. The summed E-state index contributed by atoms with van der Waals surface area (Å²) < 4.78 is 11.7. The quantitative estimate of drug-likeness (QED) is 0.590. The van der Waals surface area contributed by atoms with E-state index in [4.69, 9.17) is 9.47 Å². The first-order valence-electron chi connectivity index (χ1n) is 8.72. The average molecular weight is 327 g/mol. The van der Waals surface area contributed by atoms with Gasteiger partial charge < -0.3 is 14.8 Å². The maximum Gasteiger partial charge on any atom is 0.312 e. The Morgan fingerprint density at radius 2 is 1.92 bits per heavy atom.